The molecule has 0 aliphatic heterocycles. The number of rotatable bonds is 11. The summed E-state index contributed by atoms with van der Waals surface area (Å²) in [7, 11) is 4.44. The third kappa shape index (κ3) is 5.71. The lowest BCUT2D eigenvalue weighted by Gasteiger charge is -2.43. The quantitative estimate of drug-likeness (QED) is 0.561. The molecule has 0 bridgehead atoms. The van der Waals surface area contributed by atoms with Gasteiger partial charge in [0.2, 0.25) is 0 Å². The highest BCUT2D eigenvalue weighted by Gasteiger charge is 2.33. The lowest BCUT2D eigenvalue weighted by Crippen LogP contribution is -2.56. The van der Waals surface area contributed by atoms with Crippen molar-refractivity contribution in [2.24, 2.45) is 0 Å². The van der Waals surface area contributed by atoms with E-state index in [4.69, 9.17) is 0 Å². The molecule has 0 saturated heterocycles. The summed E-state index contributed by atoms with van der Waals surface area (Å²) >= 11 is 0. The molecule has 2 atom stereocenters. The first-order valence-corrected chi connectivity index (χ1v) is 7.93. The Kier molecular flexibility index (Phi) is 9.76. The Balaban J connectivity index is 4.43. The van der Waals surface area contributed by atoms with Crippen molar-refractivity contribution in [1.82, 2.24) is 10.2 Å². The molecule has 0 heterocycles. The highest BCUT2D eigenvalue weighted by Crippen LogP contribution is 2.25. The summed E-state index contributed by atoms with van der Waals surface area (Å²) in [4.78, 5) is 2.40. The molecule has 0 aromatic heterocycles. The maximum absolute atomic E-state index is 3.78. The molecule has 0 spiro atoms. The predicted molar refractivity (Wildman–Crippen MR) is 83.2 cm³/mol. The minimum atomic E-state index is 0.279. The van der Waals surface area contributed by atoms with E-state index in [2.05, 4.69) is 52.0 Å². The number of unbranched alkanes of at least 4 members (excludes halogenated alkanes) is 3. The van der Waals surface area contributed by atoms with Crippen molar-refractivity contribution in [3.05, 3.63) is 0 Å². The van der Waals surface area contributed by atoms with E-state index in [1.54, 1.807) is 0 Å². The van der Waals surface area contributed by atoms with Gasteiger partial charge in [-0.15, -0.1) is 0 Å². The molecule has 0 aromatic carbocycles. The van der Waals surface area contributed by atoms with Gasteiger partial charge in [-0.1, -0.05) is 46.5 Å². The molecule has 0 fully saturated rings. The average molecular weight is 256 g/mol. The number of nitrogens with one attached hydrogen (secondary N) is 1. The fraction of sp³-hybridized carbons (Fsp3) is 1.00. The average Bonchev–Trinajstić information content (AvgIpc) is 2.36. The van der Waals surface area contributed by atoms with Gasteiger partial charge in [0.25, 0.3) is 0 Å². The van der Waals surface area contributed by atoms with E-state index < -0.39 is 0 Å². The molecule has 2 nitrogen and oxygen atoms in total. The zero-order valence-corrected chi connectivity index (χ0v) is 13.7. The second-order valence-electron chi connectivity index (χ2n) is 5.96. The van der Waals surface area contributed by atoms with Crippen LogP contribution in [0.1, 0.15) is 72.6 Å². The Labute approximate surface area is 116 Å². The Morgan fingerprint density at radius 2 is 1.67 bits per heavy atom. The highest BCUT2D eigenvalue weighted by atomic mass is 15.2. The van der Waals surface area contributed by atoms with Gasteiger partial charge in [-0.25, -0.2) is 0 Å². The Morgan fingerprint density at radius 3 is 2.11 bits per heavy atom. The molecule has 0 amide bonds. The fourth-order valence-electron chi connectivity index (χ4n) is 2.60. The van der Waals surface area contributed by atoms with Gasteiger partial charge in [0, 0.05) is 11.6 Å². The summed E-state index contributed by atoms with van der Waals surface area (Å²) in [6, 6.07) is 0.620. The zero-order chi connectivity index (χ0) is 14.0. The first kappa shape index (κ1) is 17.9. The maximum atomic E-state index is 3.78. The molecule has 110 valence electrons. The van der Waals surface area contributed by atoms with Crippen molar-refractivity contribution in [2.75, 3.05) is 20.6 Å². The maximum Gasteiger partial charge on any atom is 0.0325 e. The standard InChI is InChI=1S/C16H36N2/c1-7-10-11-12-13-15(17-14-8-2)16(4,9-3)18(5)6/h15,17H,7-14H2,1-6H3. The number of hydrogen-bond donors (Lipinski definition) is 1. The van der Waals surface area contributed by atoms with E-state index >= 15 is 0 Å². The normalized spacial score (nSPS) is 16.8. The van der Waals surface area contributed by atoms with Crippen LogP contribution in [0.25, 0.3) is 0 Å². The van der Waals surface area contributed by atoms with Crippen LogP contribution < -0.4 is 5.32 Å². The molecule has 18 heavy (non-hydrogen) atoms. The van der Waals surface area contributed by atoms with E-state index in [0.717, 1.165) is 6.54 Å². The van der Waals surface area contributed by atoms with Crippen molar-refractivity contribution < 1.29 is 0 Å². The van der Waals surface area contributed by atoms with Crippen LogP contribution >= 0.6 is 0 Å². The Hall–Kier alpha value is -0.0800. The predicted octanol–water partition coefficient (Wildman–Crippen LogP) is 4.06. The van der Waals surface area contributed by atoms with Crippen LogP contribution in [0.15, 0.2) is 0 Å². The number of hydrogen-bond acceptors (Lipinski definition) is 2. The van der Waals surface area contributed by atoms with Crippen LogP contribution in [0.4, 0.5) is 0 Å². The number of likely N-dealkylation sites (N-methyl/N-ethyl adjacent to an activating group) is 1. The number of nitrogens with zero attached hydrogens (tertiary/aromatic N) is 1. The summed E-state index contributed by atoms with van der Waals surface area (Å²) in [5.74, 6) is 0. The Bertz CT molecular complexity index is 192. The first-order valence-electron chi connectivity index (χ1n) is 7.93. The van der Waals surface area contributed by atoms with Gasteiger partial charge in [-0.3, -0.25) is 0 Å². The van der Waals surface area contributed by atoms with E-state index in [1.807, 2.05) is 0 Å². The van der Waals surface area contributed by atoms with Crippen LogP contribution in [-0.2, 0) is 0 Å². The third-order valence-corrected chi connectivity index (χ3v) is 4.48. The monoisotopic (exact) mass is 256 g/mol. The second-order valence-corrected chi connectivity index (χ2v) is 5.96. The van der Waals surface area contributed by atoms with Crippen LogP contribution in [-0.4, -0.2) is 37.1 Å². The van der Waals surface area contributed by atoms with Crippen molar-refractivity contribution >= 4 is 0 Å². The van der Waals surface area contributed by atoms with Gasteiger partial charge in [0.15, 0.2) is 0 Å². The molecule has 2 unspecified atom stereocenters. The molecule has 0 saturated carbocycles. The molecule has 0 aliphatic carbocycles. The summed E-state index contributed by atoms with van der Waals surface area (Å²) in [5.41, 5.74) is 0.279. The summed E-state index contributed by atoms with van der Waals surface area (Å²) in [6.07, 6.45) is 9.18. The van der Waals surface area contributed by atoms with Crippen molar-refractivity contribution in [3.8, 4) is 0 Å². The summed E-state index contributed by atoms with van der Waals surface area (Å²) in [6.45, 7) is 10.4. The van der Waals surface area contributed by atoms with Crippen LogP contribution in [0, 0.1) is 0 Å². The van der Waals surface area contributed by atoms with Crippen molar-refractivity contribution in [3.63, 3.8) is 0 Å². The van der Waals surface area contributed by atoms with Gasteiger partial charge < -0.3 is 10.2 Å². The SMILES string of the molecule is CCCCCCC(NCCC)C(C)(CC)N(C)C. The Morgan fingerprint density at radius 1 is 1.00 bits per heavy atom. The van der Waals surface area contributed by atoms with Gasteiger partial charge in [0.1, 0.15) is 0 Å². The topological polar surface area (TPSA) is 15.3 Å². The van der Waals surface area contributed by atoms with Gasteiger partial charge in [-0.2, -0.15) is 0 Å². The molecule has 2 heteroatoms. The smallest absolute Gasteiger partial charge is 0.0325 e. The van der Waals surface area contributed by atoms with E-state index in [-0.39, 0.29) is 5.54 Å². The van der Waals surface area contributed by atoms with E-state index in [9.17, 15) is 0 Å². The summed E-state index contributed by atoms with van der Waals surface area (Å²) < 4.78 is 0. The van der Waals surface area contributed by atoms with E-state index in [0.29, 0.717) is 6.04 Å². The van der Waals surface area contributed by atoms with Crippen LogP contribution in [0.2, 0.25) is 0 Å². The first-order chi connectivity index (χ1) is 8.52. The molecule has 1 N–H and O–H groups in total. The summed E-state index contributed by atoms with van der Waals surface area (Å²) in [5, 5.41) is 3.78. The van der Waals surface area contributed by atoms with Crippen LogP contribution in [0.3, 0.4) is 0 Å². The van der Waals surface area contributed by atoms with E-state index in [1.165, 1.54) is 44.9 Å². The second kappa shape index (κ2) is 9.80. The zero-order valence-electron chi connectivity index (χ0n) is 13.7. The third-order valence-electron chi connectivity index (χ3n) is 4.48. The fourth-order valence-corrected chi connectivity index (χ4v) is 2.60. The molecule has 0 radical (unpaired) electrons. The molecule has 0 aromatic rings. The van der Waals surface area contributed by atoms with Gasteiger partial charge in [-0.05, 0) is 46.8 Å². The molecule has 0 aliphatic rings. The lowest BCUT2D eigenvalue weighted by atomic mass is 9.84. The highest BCUT2D eigenvalue weighted by molar-refractivity contribution is 4.94. The van der Waals surface area contributed by atoms with Crippen LogP contribution in [0.5, 0.6) is 0 Å². The minimum Gasteiger partial charge on any atom is -0.312 e. The van der Waals surface area contributed by atoms with Gasteiger partial charge in [0.05, 0.1) is 0 Å². The molecule has 0 rings (SSSR count). The largest absolute Gasteiger partial charge is 0.312 e. The minimum absolute atomic E-state index is 0.279. The van der Waals surface area contributed by atoms with Crippen molar-refractivity contribution in [1.29, 1.82) is 0 Å². The molecular formula is C16H36N2. The molecular weight excluding hydrogens is 220 g/mol. The van der Waals surface area contributed by atoms with Gasteiger partial charge >= 0.3 is 0 Å². The lowest BCUT2D eigenvalue weighted by molar-refractivity contribution is 0.106. The van der Waals surface area contributed by atoms with Crippen molar-refractivity contribution in [2.45, 2.75) is 84.2 Å².